The second-order valence-electron chi connectivity index (χ2n) is 7.35. The number of rotatable bonds is 6. The molecular formula is C22H20ClN5O3S. The minimum Gasteiger partial charge on any atom is -0.508 e. The first kappa shape index (κ1) is 21.8. The topological polar surface area (TPSA) is 117 Å². The molecule has 32 heavy (non-hydrogen) atoms. The van der Waals surface area contributed by atoms with Crippen LogP contribution in [0.5, 0.6) is 5.75 Å². The number of aromatic hydroxyl groups is 1. The first-order chi connectivity index (χ1) is 15.2. The highest BCUT2D eigenvalue weighted by Gasteiger charge is 2.13. The standard InChI is InChI=1S/C22H20ClN5O3S/c1-13(14-4-3-5-17(29)8-14)27-22-18-9-15(6-7-19(18)25-12-26-22)16-10-20(21(23)24-11-16)28-32(2,30)31/h3-13,28-29H,1-2H3,(H,25,26,27)/t13-/m1/s1. The third-order valence-corrected chi connectivity index (χ3v) is 5.72. The van der Waals surface area contributed by atoms with Crippen LogP contribution in [0.4, 0.5) is 11.5 Å². The third-order valence-electron chi connectivity index (χ3n) is 4.83. The Morgan fingerprint density at radius 3 is 2.59 bits per heavy atom. The number of hydrogen-bond donors (Lipinski definition) is 3. The highest BCUT2D eigenvalue weighted by Crippen LogP contribution is 2.32. The average molecular weight is 470 g/mol. The van der Waals surface area contributed by atoms with Gasteiger partial charge in [-0.05, 0) is 48.4 Å². The van der Waals surface area contributed by atoms with Crippen molar-refractivity contribution in [2.75, 3.05) is 16.3 Å². The molecule has 1 atom stereocenters. The summed E-state index contributed by atoms with van der Waals surface area (Å²) >= 11 is 6.05. The van der Waals surface area contributed by atoms with E-state index in [-0.39, 0.29) is 22.6 Å². The first-order valence-corrected chi connectivity index (χ1v) is 11.9. The van der Waals surface area contributed by atoms with Gasteiger partial charge in [0.1, 0.15) is 17.9 Å². The Labute approximate surface area is 190 Å². The molecule has 3 N–H and O–H groups in total. The highest BCUT2D eigenvalue weighted by molar-refractivity contribution is 7.92. The van der Waals surface area contributed by atoms with Crippen LogP contribution in [0.2, 0.25) is 5.15 Å². The third kappa shape index (κ3) is 4.90. The van der Waals surface area contributed by atoms with Crippen LogP contribution in [-0.4, -0.2) is 34.7 Å². The SMILES string of the molecule is C[C@@H](Nc1ncnc2ccc(-c3cnc(Cl)c(NS(C)(=O)=O)c3)cc12)c1cccc(O)c1. The monoisotopic (exact) mass is 469 g/mol. The van der Waals surface area contributed by atoms with Gasteiger partial charge in [-0.2, -0.15) is 0 Å². The van der Waals surface area contributed by atoms with Crippen molar-refractivity contribution in [3.8, 4) is 16.9 Å². The van der Waals surface area contributed by atoms with Crippen LogP contribution in [0, 0.1) is 0 Å². The molecule has 164 valence electrons. The molecule has 8 nitrogen and oxygen atoms in total. The summed E-state index contributed by atoms with van der Waals surface area (Å²) in [5, 5.41) is 14.0. The summed E-state index contributed by atoms with van der Waals surface area (Å²) < 4.78 is 25.6. The van der Waals surface area contributed by atoms with Crippen LogP contribution in [0.3, 0.4) is 0 Å². The lowest BCUT2D eigenvalue weighted by Gasteiger charge is -2.17. The zero-order valence-electron chi connectivity index (χ0n) is 17.2. The molecule has 0 unspecified atom stereocenters. The number of hydrogen-bond acceptors (Lipinski definition) is 7. The van der Waals surface area contributed by atoms with E-state index in [1.165, 1.54) is 6.33 Å². The van der Waals surface area contributed by atoms with Crippen molar-refractivity contribution in [3.63, 3.8) is 0 Å². The minimum absolute atomic E-state index is 0.0607. The fourth-order valence-electron chi connectivity index (χ4n) is 3.31. The smallest absolute Gasteiger partial charge is 0.229 e. The quantitative estimate of drug-likeness (QED) is 0.353. The molecule has 4 rings (SSSR count). The van der Waals surface area contributed by atoms with Crippen molar-refractivity contribution in [2.24, 2.45) is 0 Å². The number of phenols is 1. The molecule has 0 bridgehead atoms. The van der Waals surface area contributed by atoms with Crippen LogP contribution >= 0.6 is 11.6 Å². The van der Waals surface area contributed by atoms with Crippen molar-refractivity contribution < 1.29 is 13.5 Å². The van der Waals surface area contributed by atoms with Gasteiger partial charge >= 0.3 is 0 Å². The first-order valence-electron chi connectivity index (χ1n) is 9.63. The molecule has 0 saturated heterocycles. The van der Waals surface area contributed by atoms with E-state index in [1.807, 2.05) is 31.2 Å². The van der Waals surface area contributed by atoms with Gasteiger partial charge in [0.25, 0.3) is 0 Å². The number of sulfonamides is 1. The molecule has 0 aliphatic heterocycles. The molecule has 10 heteroatoms. The Kier molecular flexibility index (Phi) is 5.86. The maximum Gasteiger partial charge on any atom is 0.229 e. The summed E-state index contributed by atoms with van der Waals surface area (Å²) in [5.74, 6) is 0.823. The molecule has 0 spiro atoms. The van der Waals surface area contributed by atoms with E-state index in [4.69, 9.17) is 11.6 Å². The molecule has 0 aliphatic carbocycles. The number of nitrogens with zero attached hydrogens (tertiary/aromatic N) is 3. The van der Waals surface area contributed by atoms with E-state index < -0.39 is 10.0 Å². The Morgan fingerprint density at radius 2 is 1.84 bits per heavy atom. The molecule has 2 aromatic heterocycles. The largest absolute Gasteiger partial charge is 0.508 e. The second kappa shape index (κ2) is 8.60. The average Bonchev–Trinajstić information content (AvgIpc) is 2.74. The summed E-state index contributed by atoms with van der Waals surface area (Å²) in [6.07, 6.45) is 4.11. The van der Waals surface area contributed by atoms with E-state index in [1.54, 1.807) is 30.5 Å². The van der Waals surface area contributed by atoms with Crippen molar-refractivity contribution in [1.82, 2.24) is 15.0 Å². The molecule has 0 aliphatic rings. The second-order valence-corrected chi connectivity index (χ2v) is 9.46. The van der Waals surface area contributed by atoms with Gasteiger partial charge < -0.3 is 10.4 Å². The zero-order chi connectivity index (χ0) is 22.9. The number of benzene rings is 2. The van der Waals surface area contributed by atoms with Gasteiger partial charge in [0.15, 0.2) is 5.15 Å². The molecule has 0 radical (unpaired) electrons. The Bertz CT molecular complexity index is 1410. The number of halogens is 1. The van der Waals surface area contributed by atoms with Crippen LogP contribution in [0.15, 0.2) is 61.1 Å². The Hall–Kier alpha value is -3.43. The maximum absolute atomic E-state index is 11.6. The maximum atomic E-state index is 11.6. The normalized spacial score (nSPS) is 12.5. The number of nitrogens with one attached hydrogen (secondary N) is 2. The molecule has 0 amide bonds. The fraction of sp³-hybridized carbons (Fsp3) is 0.136. The summed E-state index contributed by atoms with van der Waals surface area (Å²) in [5.41, 5.74) is 3.32. The van der Waals surface area contributed by atoms with Crippen molar-refractivity contribution in [1.29, 1.82) is 0 Å². The molecule has 4 aromatic rings. The van der Waals surface area contributed by atoms with E-state index in [2.05, 4.69) is 25.0 Å². The molecule has 0 saturated carbocycles. The highest BCUT2D eigenvalue weighted by atomic mass is 35.5. The number of phenolic OH excluding ortho intramolecular Hbond substituents is 1. The van der Waals surface area contributed by atoms with Gasteiger partial charge in [0.05, 0.1) is 23.5 Å². The number of aromatic nitrogens is 3. The van der Waals surface area contributed by atoms with Crippen molar-refractivity contribution in [3.05, 3.63) is 71.8 Å². The van der Waals surface area contributed by atoms with Gasteiger partial charge in [-0.1, -0.05) is 29.8 Å². The van der Waals surface area contributed by atoms with Gasteiger partial charge in [-0.25, -0.2) is 23.4 Å². The predicted octanol–water partition coefficient (Wildman–Crippen LogP) is 4.60. The number of pyridine rings is 1. The Balaban J connectivity index is 1.72. The molecule has 2 heterocycles. The molecular weight excluding hydrogens is 450 g/mol. The van der Waals surface area contributed by atoms with Gasteiger partial charge in [0.2, 0.25) is 10.0 Å². The predicted molar refractivity (Wildman–Crippen MR) is 126 cm³/mol. The van der Waals surface area contributed by atoms with Gasteiger partial charge in [-0.3, -0.25) is 4.72 Å². The number of fused-ring (bicyclic) bond motifs is 1. The minimum atomic E-state index is -3.51. The van der Waals surface area contributed by atoms with Gasteiger partial charge in [0, 0.05) is 17.1 Å². The van der Waals surface area contributed by atoms with Crippen LogP contribution in [-0.2, 0) is 10.0 Å². The Morgan fingerprint density at radius 1 is 1.03 bits per heavy atom. The van der Waals surface area contributed by atoms with E-state index in [0.29, 0.717) is 11.4 Å². The fourth-order valence-corrected chi connectivity index (χ4v) is 4.07. The van der Waals surface area contributed by atoms with Crippen LogP contribution < -0.4 is 10.0 Å². The van der Waals surface area contributed by atoms with Crippen LogP contribution in [0.25, 0.3) is 22.0 Å². The zero-order valence-corrected chi connectivity index (χ0v) is 18.8. The lowest BCUT2D eigenvalue weighted by atomic mass is 10.0. The van der Waals surface area contributed by atoms with E-state index in [9.17, 15) is 13.5 Å². The summed E-state index contributed by atoms with van der Waals surface area (Å²) in [6.45, 7) is 1.97. The van der Waals surface area contributed by atoms with E-state index >= 15 is 0 Å². The summed E-state index contributed by atoms with van der Waals surface area (Å²) in [7, 11) is -3.51. The lowest BCUT2D eigenvalue weighted by Crippen LogP contribution is -2.10. The lowest BCUT2D eigenvalue weighted by molar-refractivity contribution is 0.474. The van der Waals surface area contributed by atoms with Crippen LogP contribution in [0.1, 0.15) is 18.5 Å². The summed E-state index contributed by atoms with van der Waals surface area (Å²) in [4.78, 5) is 12.8. The van der Waals surface area contributed by atoms with E-state index in [0.717, 1.165) is 28.3 Å². The van der Waals surface area contributed by atoms with Gasteiger partial charge in [-0.15, -0.1) is 0 Å². The summed E-state index contributed by atoms with van der Waals surface area (Å²) in [6, 6.07) is 14.2. The van der Waals surface area contributed by atoms with Crippen molar-refractivity contribution >= 4 is 44.0 Å². The molecule has 2 aromatic carbocycles. The molecule has 0 fully saturated rings. The number of anilines is 2. The van der Waals surface area contributed by atoms with Crippen molar-refractivity contribution in [2.45, 2.75) is 13.0 Å².